The molecular formula is C16H26N2O2. The molecule has 0 saturated carbocycles. The van der Waals surface area contributed by atoms with Crippen molar-refractivity contribution in [3.05, 3.63) is 29.8 Å². The maximum atomic E-state index is 7.51. The Bertz CT molecular complexity index is 430. The highest BCUT2D eigenvalue weighted by Gasteiger charge is 2.20. The minimum atomic E-state index is -0.210. The van der Waals surface area contributed by atoms with Crippen LogP contribution in [0.3, 0.4) is 0 Å². The summed E-state index contributed by atoms with van der Waals surface area (Å²) in [6.45, 7) is 5.29. The minimum Gasteiger partial charge on any atom is -0.494 e. The molecule has 3 N–H and O–H groups in total. The highest BCUT2D eigenvalue weighted by molar-refractivity contribution is 5.82. The van der Waals surface area contributed by atoms with Crippen molar-refractivity contribution in [3.8, 4) is 5.75 Å². The number of methoxy groups -OCH3 is 1. The summed E-state index contributed by atoms with van der Waals surface area (Å²) < 4.78 is 10.8. The van der Waals surface area contributed by atoms with Gasteiger partial charge in [-0.1, -0.05) is 26.0 Å². The summed E-state index contributed by atoms with van der Waals surface area (Å²) in [7, 11) is 1.68. The first-order valence-electron chi connectivity index (χ1n) is 7.01. The number of amidine groups is 1. The van der Waals surface area contributed by atoms with Gasteiger partial charge in [-0.15, -0.1) is 0 Å². The topological polar surface area (TPSA) is 68.3 Å². The fourth-order valence-electron chi connectivity index (χ4n) is 1.89. The van der Waals surface area contributed by atoms with Crippen LogP contribution in [0.5, 0.6) is 5.75 Å². The molecule has 0 bridgehead atoms. The standard InChI is InChI=1S/C16H26N2O2/c1-16(2,15(17)18)9-4-5-10-20-14-8-6-7-13(11-14)12-19-3/h6-8,11H,4-5,9-10,12H2,1-3H3,(H3,17,18). The third-order valence-corrected chi connectivity index (χ3v) is 3.40. The molecule has 0 heterocycles. The zero-order chi connectivity index (χ0) is 15.0. The van der Waals surface area contributed by atoms with E-state index in [0.717, 1.165) is 30.6 Å². The molecule has 0 amide bonds. The van der Waals surface area contributed by atoms with Crippen molar-refractivity contribution in [2.24, 2.45) is 11.1 Å². The number of ether oxygens (including phenoxy) is 2. The Kier molecular flexibility index (Phi) is 6.52. The summed E-state index contributed by atoms with van der Waals surface area (Å²) in [4.78, 5) is 0. The molecule has 4 nitrogen and oxygen atoms in total. The van der Waals surface area contributed by atoms with Gasteiger partial charge in [0, 0.05) is 12.5 Å². The number of rotatable bonds is 9. The molecule has 4 heteroatoms. The van der Waals surface area contributed by atoms with E-state index in [-0.39, 0.29) is 11.3 Å². The molecule has 0 aliphatic carbocycles. The van der Waals surface area contributed by atoms with E-state index in [1.165, 1.54) is 0 Å². The van der Waals surface area contributed by atoms with Crippen molar-refractivity contribution in [3.63, 3.8) is 0 Å². The van der Waals surface area contributed by atoms with Crippen molar-refractivity contribution < 1.29 is 9.47 Å². The quantitative estimate of drug-likeness (QED) is 0.413. The van der Waals surface area contributed by atoms with Crippen LogP contribution < -0.4 is 10.5 Å². The van der Waals surface area contributed by atoms with E-state index >= 15 is 0 Å². The van der Waals surface area contributed by atoms with Crippen LogP contribution in [0.4, 0.5) is 0 Å². The van der Waals surface area contributed by atoms with Gasteiger partial charge in [0.1, 0.15) is 5.75 Å². The second-order valence-electron chi connectivity index (χ2n) is 5.68. The lowest BCUT2D eigenvalue weighted by atomic mass is 9.86. The molecule has 1 aromatic rings. The van der Waals surface area contributed by atoms with Crippen LogP contribution in [0, 0.1) is 10.8 Å². The molecule has 0 aliphatic rings. The summed E-state index contributed by atoms with van der Waals surface area (Å²) in [6, 6.07) is 7.95. The van der Waals surface area contributed by atoms with Crippen LogP contribution in [0.15, 0.2) is 24.3 Å². The summed E-state index contributed by atoms with van der Waals surface area (Å²) in [5.74, 6) is 1.14. The number of nitrogens with one attached hydrogen (secondary N) is 1. The number of hydrogen-bond acceptors (Lipinski definition) is 3. The average molecular weight is 278 g/mol. The van der Waals surface area contributed by atoms with E-state index in [0.29, 0.717) is 13.2 Å². The molecule has 1 rings (SSSR count). The highest BCUT2D eigenvalue weighted by Crippen LogP contribution is 2.22. The van der Waals surface area contributed by atoms with Crippen molar-refractivity contribution in [2.45, 2.75) is 39.7 Å². The Morgan fingerprint density at radius 3 is 2.70 bits per heavy atom. The van der Waals surface area contributed by atoms with E-state index in [1.807, 2.05) is 38.1 Å². The Morgan fingerprint density at radius 2 is 2.05 bits per heavy atom. The van der Waals surface area contributed by atoms with Gasteiger partial charge in [-0.25, -0.2) is 0 Å². The van der Waals surface area contributed by atoms with Crippen LogP contribution in [-0.2, 0) is 11.3 Å². The lowest BCUT2D eigenvalue weighted by Gasteiger charge is -2.22. The van der Waals surface area contributed by atoms with Crippen LogP contribution in [0.1, 0.15) is 38.7 Å². The number of unbranched alkanes of at least 4 members (excludes halogenated alkanes) is 1. The molecule has 0 spiro atoms. The van der Waals surface area contributed by atoms with Gasteiger partial charge < -0.3 is 15.2 Å². The molecule has 0 unspecified atom stereocenters. The molecule has 0 fully saturated rings. The van der Waals surface area contributed by atoms with E-state index < -0.39 is 0 Å². The van der Waals surface area contributed by atoms with Crippen molar-refractivity contribution in [1.82, 2.24) is 0 Å². The Labute approximate surface area is 121 Å². The van der Waals surface area contributed by atoms with E-state index in [9.17, 15) is 0 Å². The number of nitrogens with two attached hydrogens (primary N) is 1. The third-order valence-electron chi connectivity index (χ3n) is 3.40. The molecule has 1 aromatic carbocycles. The maximum absolute atomic E-state index is 7.51. The SMILES string of the molecule is COCc1cccc(OCCCCC(C)(C)C(=N)N)c1. The van der Waals surface area contributed by atoms with Gasteiger partial charge in [0.2, 0.25) is 0 Å². The van der Waals surface area contributed by atoms with Gasteiger partial charge in [0.05, 0.1) is 19.0 Å². The normalized spacial score (nSPS) is 11.3. The summed E-state index contributed by atoms with van der Waals surface area (Å²) in [6.07, 6.45) is 2.88. The molecule has 0 aliphatic heterocycles. The van der Waals surface area contributed by atoms with E-state index in [1.54, 1.807) is 7.11 Å². The minimum absolute atomic E-state index is 0.210. The number of benzene rings is 1. The Balaban J connectivity index is 2.28. The lowest BCUT2D eigenvalue weighted by molar-refractivity contribution is 0.184. The lowest BCUT2D eigenvalue weighted by Crippen LogP contribution is -2.30. The van der Waals surface area contributed by atoms with Gasteiger partial charge in [0.15, 0.2) is 0 Å². The smallest absolute Gasteiger partial charge is 0.119 e. The average Bonchev–Trinajstić information content (AvgIpc) is 2.39. The van der Waals surface area contributed by atoms with Crippen LogP contribution in [0.2, 0.25) is 0 Å². The van der Waals surface area contributed by atoms with Crippen molar-refractivity contribution in [2.75, 3.05) is 13.7 Å². The highest BCUT2D eigenvalue weighted by atomic mass is 16.5. The second kappa shape index (κ2) is 7.90. The molecule has 0 aromatic heterocycles. The van der Waals surface area contributed by atoms with Crippen LogP contribution in [0.25, 0.3) is 0 Å². The zero-order valence-electron chi connectivity index (χ0n) is 12.7. The summed E-state index contributed by atoms with van der Waals surface area (Å²) >= 11 is 0. The van der Waals surface area contributed by atoms with E-state index in [4.69, 9.17) is 20.6 Å². The molecule has 0 radical (unpaired) electrons. The Morgan fingerprint density at radius 1 is 1.30 bits per heavy atom. The van der Waals surface area contributed by atoms with Crippen LogP contribution in [-0.4, -0.2) is 19.6 Å². The fourth-order valence-corrected chi connectivity index (χ4v) is 1.89. The van der Waals surface area contributed by atoms with Gasteiger partial charge in [0.25, 0.3) is 0 Å². The van der Waals surface area contributed by atoms with E-state index in [2.05, 4.69) is 0 Å². The van der Waals surface area contributed by atoms with Gasteiger partial charge >= 0.3 is 0 Å². The number of hydrogen-bond donors (Lipinski definition) is 2. The van der Waals surface area contributed by atoms with Gasteiger partial charge in [-0.05, 0) is 37.0 Å². The van der Waals surface area contributed by atoms with Gasteiger partial charge in [-0.2, -0.15) is 0 Å². The predicted octanol–water partition coefficient (Wildman–Crippen LogP) is 3.34. The first kappa shape index (κ1) is 16.5. The molecule has 0 atom stereocenters. The molecule has 112 valence electrons. The molecule has 20 heavy (non-hydrogen) atoms. The predicted molar refractivity (Wildman–Crippen MR) is 82.2 cm³/mol. The van der Waals surface area contributed by atoms with Crippen molar-refractivity contribution in [1.29, 1.82) is 5.41 Å². The second-order valence-corrected chi connectivity index (χ2v) is 5.68. The summed E-state index contributed by atoms with van der Waals surface area (Å²) in [5.41, 5.74) is 6.47. The third kappa shape index (κ3) is 5.61. The van der Waals surface area contributed by atoms with Gasteiger partial charge in [-0.3, -0.25) is 5.41 Å². The largest absolute Gasteiger partial charge is 0.494 e. The molecule has 0 saturated heterocycles. The van der Waals surface area contributed by atoms with Crippen LogP contribution >= 0.6 is 0 Å². The Hall–Kier alpha value is -1.55. The fraction of sp³-hybridized carbons (Fsp3) is 0.562. The first-order chi connectivity index (χ1) is 9.45. The van der Waals surface area contributed by atoms with Crippen molar-refractivity contribution >= 4 is 5.84 Å². The first-order valence-corrected chi connectivity index (χ1v) is 7.01. The molecular weight excluding hydrogens is 252 g/mol. The maximum Gasteiger partial charge on any atom is 0.119 e. The zero-order valence-corrected chi connectivity index (χ0v) is 12.7. The monoisotopic (exact) mass is 278 g/mol. The summed E-state index contributed by atoms with van der Waals surface area (Å²) in [5, 5.41) is 7.51.